The second kappa shape index (κ2) is 11.0. The van der Waals surface area contributed by atoms with Crippen molar-refractivity contribution in [1.82, 2.24) is 9.78 Å². The molecule has 7 heteroatoms. The quantitative estimate of drug-likeness (QED) is 0.278. The molecule has 0 aliphatic carbocycles. The normalized spacial score (nSPS) is 10.9. The Hall–Kier alpha value is -3.58. The van der Waals surface area contributed by atoms with Gasteiger partial charge in [-0.05, 0) is 43.3 Å². The van der Waals surface area contributed by atoms with Crippen LogP contribution in [0.15, 0.2) is 60.8 Å². The highest BCUT2D eigenvalue weighted by atomic mass is 16.6. The van der Waals surface area contributed by atoms with E-state index in [2.05, 4.69) is 0 Å². The van der Waals surface area contributed by atoms with Gasteiger partial charge in [-0.25, -0.2) is 9.48 Å². The molecule has 1 aromatic heterocycles. The van der Waals surface area contributed by atoms with Gasteiger partial charge in [-0.3, -0.25) is 0 Å². The van der Waals surface area contributed by atoms with Gasteiger partial charge in [0.25, 0.3) is 0 Å². The lowest BCUT2D eigenvalue weighted by atomic mass is 10.1. The standard InChI is InChI=1S/C24H26N2O5/c1-4-30-14-15-31-23(27)13-11-19-17-26(20-8-6-5-7-9-20)25-24(19)18-10-12-21(28-2)22(16-18)29-3/h5-13,16-17H,4,14-15H2,1-3H3/b13-11+. The van der Waals surface area contributed by atoms with Gasteiger partial charge in [0.2, 0.25) is 0 Å². The molecule has 0 N–H and O–H groups in total. The van der Waals surface area contributed by atoms with Gasteiger partial charge in [0.15, 0.2) is 11.5 Å². The number of para-hydroxylation sites is 1. The van der Waals surface area contributed by atoms with Gasteiger partial charge in [0, 0.05) is 30.0 Å². The van der Waals surface area contributed by atoms with Crippen LogP contribution in [-0.2, 0) is 14.3 Å². The van der Waals surface area contributed by atoms with E-state index >= 15 is 0 Å². The summed E-state index contributed by atoms with van der Waals surface area (Å²) in [5.74, 6) is 0.786. The molecule has 0 aliphatic rings. The minimum atomic E-state index is -0.439. The minimum absolute atomic E-state index is 0.211. The number of nitrogens with zero attached hydrogens (tertiary/aromatic N) is 2. The highest BCUT2D eigenvalue weighted by molar-refractivity contribution is 5.88. The zero-order chi connectivity index (χ0) is 22.1. The molecule has 162 valence electrons. The Labute approximate surface area is 181 Å². The minimum Gasteiger partial charge on any atom is -0.493 e. The zero-order valence-corrected chi connectivity index (χ0v) is 17.9. The molecule has 0 saturated carbocycles. The number of aromatic nitrogens is 2. The van der Waals surface area contributed by atoms with Crippen molar-refractivity contribution in [2.75, 3.05) is 34.0 Å². The molecule has 0 aliphatic heterocycles. The van der Waals surface area contributed by atoms with Gasteiger partial charge in [-0.2, -0.15) is 5.10 Å². The molecule has 0 radical (unpaired) electrons. The molecule has 0 fully saturated rings. The number of carbonyl (C=O) groups excluding carboxylic acids is 1. The topological polar surface area (TPSA) is 71.8 Å². The van der Waals surface area contributed by atoms with Crippen LogP contribution in [0, 0.1) is 0 Å². The van der Waals surface area contributed by atoms with Crippen molar-refractivity contribution in [2.45, 2.75) is 6.92 Å². The van der Waals surface area contributed by atoms with E-state index in [-0.39, 0.29) is 6.61 Å². The second-order valence-electron chi connectivity index (χ2n) is 6.48. The summed E-state index contributed by atoms with van der Waals surface area (Å²) in [4.78, 5) is 12.1. The van der Waals surface area contributed by atoms with Crippen molar-refractivity contribution < 1.29 is 23.7 Å². The summed E-state index contributed by atoms with van der Waals surface area (Å²) >= 11 is 0. The Morgan fingerprint density at radius 3 is 2.52 bits per heavy atom. The summed E-state index contributed by atoms with van der Waals surface area (Å²) in [7, 11) is 3.18. The maximum atomic E-state index is 12.1. The third kappa shape index (κ3) is 5.73. The largest absolute Gasteiger partial charge is 0.493 e. The van der Waals surface area contributed by atoms with Crippen LogP contribution in [0.3, 0.4) is 0 Å². The lowest BCUT2D eigenvalue weighted by molar-refractivity contribution is -0.139. The SMILES string of the molecule is CCOCCOC(=O)/C=C/c1cn(-c2ccccc2)nc1-c1ccc(OC)c(OC)c1. The van der Waals surface area contributed by atoms with E-state index in [4.69, 9.17) is 24.0 Å². The van der Waals surface area contributed by atoms with Crippen molar-refractivity contribution >= 4 is 12.0 Å². The lowest BCUT2D eigenvalue weighted by Gasteiger charge is -2.09. The summed E-state index contributed by atoms with van der Waals surface area (Å²) in [5, 5.41) is 4.74. The predicted octanol–water partition coefficient (Wildman–Crippen LogP) is 4.15. The van der Waals surface area contributed by atoms with Crippen molar-refractivity contribution in [3.63, 3.8) is 0 Å². The molecule has 31 heavy (non-hydrogen) atoms. The third-order valence-electron chi connectivity index (χ3n) is 4.50. The molecule has 0 unspecified atom stereocenters. The number of ether oxygens (including phenoxy) is 4. The molecule has 1 heterocycles. The third-order valence-corrected chi connectivity index (χ3v) is 4.50. The molecule has 3 aromatic rings. The smallest absolute Gasteiger partial charge is 0.330 e. The summed E-state index contributed by atoms with van der Waals surface area (Å²) in [5.41, 5.74) is 3.20. The number of carbonyl (C=O) groups is 1. The monoisotopic (exact) mass is 422 g/mol. The van der Waals surface area contributed by atoms with E-state index in [1.807, 2.05) is 61.7 Å². The number of methoxy groups -OCH3 is 2. The highest BCUT2D eigenvalue weighted by Gasteiger charge is 2.14. The van der Waals surface area contributed by atoms with Crippen LogP contribution < -0.4 is 9.47 Å². The van der Waals surface area contributed by atoms with E-state index in [1.165, 1.54) is 6.08 Å². The zero-order valence-electron chi connectivity index (χ0n) is 17.9. The Balaban J connectivity index is 1.93. The summed E-state index contributed by atoms with van der Waals surface area (Å²) in [6.07, 6.45) is 4.95. The first-order chi connectivity index (χ1) is 15.2. The van der Waals surface area contributed by atoms with Gasteiger partial charge in [-0.15, -0.1) is 0 Å². The average molecular weight is 422 g/mol. The van der Waals surface area contributed by atoms with Crippen molar-refractivity contribution in [3.8, 4) is 28.4 Å². The molecule has 0 amide bonds. The van der Waals surface area contributed by atoms with Crippen LogP contribution in [0.5, 0.6) is 11.5 Å². The maximum absolute atomic E-state index is 12.1. The van der Waals surface area contributed by atoms with Crippen LogP contribution in [0.1, 0.15) is 12.5 Å². The molecular formula is C24H26N2O5. The van der Waals surface area contributed by atoms with E-state index in [0.717, 1.165) is 16.8 Å². The Bertz CT molecular complexity index is 1030. The van der Waals surface area contributed by atoms with E-state index in [0.29, 0.717) is 30.4 Å². The van der Waals surface area contributed by atoms with Crippen molar-refractivity contribution in [2.24, 2.45) is 0 Å². The van der Waals surface area contributed by atoms with E-state index < -0.39 is 5.97 Å². The molecule has 2 aromatic carbocycles. The average Bonchev–Trinajstić information content (AvgIpc) is 3.25. The Kier molecular flexibility index (Phi) is 7.84. The molecule has 7 nitrogen and oxygen atoms in total. The van der Waals surface area contributed by atoms with Gasteiger partial charge >= 0.3 is 5.97 Å². The maximum Gasteiger partial charge on any atom is 0.330 e. The van der Waals surface area contributed by atoms with E-state index in [9.17, 15) is 4.79 Å². The lowest BCUT2D eigenvalue weighted by Crippen LogP contribution is -2.08. The highest BCUT2D eigenvalue weighted by Crippen LogP contribution is 2.33. The number of rotatable bonds is 10. The fraction of sp³-hybridized carbons (Fsp3) is 0.250. The molecule has 0 saturated heterocycles. The Morgan fingerprint density at radius 1 is 1.03 bits per heavy atom. The first-order valence-corrected chi connectivity index (χ1v) is 9.96. The fourth-order valence-corrected chi connectivity index (χ4v) is 2.98. The number of hydrogen-bond donors (Lipinski definition) is 0. The molecule has 0 bridgehead atoms. The summed E-state index contributed by atoms with van der Waals surface area (Å²) in [6.45, 7) is 3.06. The number of esters is 1. The van der Waals surface area contributed by atoms with Crippen LogP contribution >= 0.6 is 0 Å². The molecule has 3 rings (SSSR count). The van der Waals surface area contributed by atoms with Gasteiger partial charge < -0.3 is 18.9 Å². The second-order valence-corrected chi connectivity index (χ2v) is 6.48. The first kappa shape index (κ1) is 22.1. The molecule has 0 atom stereocenters. The summed E-state index contributed by atoms with van der Waals surface area (Å²) < 4.78 is 22.9. The summed E-state index contributed by atoms with van der Waals surface area (Å²) in [6, 6.07) is 15.3. The van der Waals surface area contributed by atoms with Gasteiger partial charge in [0.05, 0.1) is 26.5 Å². The predicted molar refractivity (Wildman–Crippen MR) is 119 cm³/mol. The number of hydrogen-bond acceptors (Lipinski definition) is 6. The Morgan fingerprint density at radius 2 is 1.81 bits per heavy atom. The van der Waals surface area contributed by atoms with Crippen molar-refractivity contribution in [1.29, 1.82) is 0 Å². The number of benzene rings is 2. The van der Waals surface area contributed by atoms with Gasteiger partial charge in [-0.1, -0.05) is 18.2 Å². The fourth-order valence-electron chi connectivity index (χ4n) is 2.98. The van der Waals surface area contributed by atoms with Crippen LogP contribution in [0.4, 0.5) is 0 Å². The molecular weight excluding hydrogens is 396 g/mol. The van der Waals surface area contributed by atoms with Gasteiger partial charge in [0.1, 0.15) is 12.3 Å². The van der Waals surface area contributed by atoms with E-state index in [1.54, 1.807) is 25.0 Å². The molecule has 0 spiro atoms. The van der Waals surface area contributed by atoms with Crippen molar-refractivity contribution in [3.05, 3.63) is 66.4 Å². The van der Waals surface area contributed by atoms with Crippen LogP contribution in [-0.4, -0.2) is 49.8 Å². The van der Waals surface area contributed by atoms with Crippen LogP contribution in [0.25, 0.3) is 23.0 Å². The first-order valence-electron chi connectivity index (χ1n) is 9.96. The van der Waals surface area contributed by atoms with Crippen LogP contribution in [0.2, 0.25) is 0 Å².